The Bertz CT molecular complexity index is 2450. The van der Waals surface area contributed by atoms with Crippen molar-refractivity contribution in [2.24, 2.45) is 4.99 Å². The lowest BCUT2D eigenvalue weighted by Gasteiger charge is -2.33. The van der Waals surface area contributed by atoms with Gasteiger partial charge in [-0.05, 0) is 66.4 Å². The van der Waals surface area contributed by atoms with Gasteiger partial charge in [-0.25, -0.2) is 4.99 Å². The second-order valence-electron chi connectivity index (χ2n) is 12.4. The van der Waals surface area contributed by atoms with Gasteiger partial charge in [0.15, 0.2) is 0 Å². The molecule has 0 bridgehead atoms. The molecule has 1 heterocycles. The number of benzene rings is 8. The molecule has 0 saturated heterocycles. The Morgan fingerprint density at radius 3 is 1.88 bits per heavy atom. The van der Waals surface area contributed by atoms with Crippen molar-refractivity contribution in [2.45, 2.75) is 12.3 Å². The fourth-order valence-corrected chi connectivity index (χ4v) is 7.22. The number of aliphatic imine (C=N–C) groups is 1. The van der Waals surface area contributed by atoms with Gasteiger partial charge >= 0.3 is 0 Å². The van der Waals surface area contributed by atoms with E-state index in [0.717, 1.165) is 22.5 Å². The highest BCUT2D eigenvalue weighted by atomic mass is 15.3. The van der Waals surface area contributed by atoms with Crippen LogP contribution in [0.4, 0.5) is 0 Å². The summed E-state index contributed by atoms with van der Waals surface area (Å²) >= 11 is 0. The molecule has 3 heteroatoms. The topological polar surface area (TPSA) is 36.4 Å². The third-order valence-corrected chi connectivity index (χ3v) is 9.54. The van der Waals surface area contributed by atoms with Crippen molar-refractivity contribution < 1.29 is 0 Å². The van der Waals surface area contributed by atoms with Crippen molar-refractivity contribution in [3.63, 3.8) is 0 Å². The van der Waals surface area contributed by atoms with Crippen LogP contribution < -0.4 is 10.6 Å². The minimum Gasteiger partial charge on any atom is -0.350 e. The van der Waals surface area contributed by atoms with E-state index in [1.165, 1.54) is 54.6 Å². The number of nitrogens with zero attached hydrogens (tertiary/aromatic N) is 1. The molecule has 2 N–H and O–H groups in total. The minimum absolute atomic E-state index is 0.152. The van der Waals surface area contributed by atoms with Gasteiger partial charge in [-0.1, -0.05) is 170 Å². The molecule has 2 atom stereocenters. The Morgan fingerprint density at radius 1 is 0.458 bits per heavy atom. The molecule has 0 saturated carbocycles. The fraction of sp³-hybridized carbons (Fsp3) is 0.0444. The molecule has 9 rings (SSSR count). The van der Waals surface area contributed by atoms with Gasteiger partial charge < -0.3 is 5.32 Å². The van der Waals surface area contributed by atoms with Crippen molar-refractivity contribution in [1.29, 1.82) is 0 Å². The zero-order valence-corrected chi connectivity index (χ0v) is 26.3. The van der Waals surface area contributed by atoms with Crippen molar-refractivity contribution >= 4 is 38.2 Å². The van der Waals surface area contributed by atoms with E-state index in [4.69, 9.17) is 4.99 Å². The standard InChI is InChI=1S/C45H33N3/c1-3-13-30(14-4-1)31-23-25-33(26-24-31)37-19-11-12-22-40(37)44-46-43(34-16-5-2-6-17-34)47-45(48-44)42-39-21-10-8-18-35(39)29-36-28-27-32-15-7-9-20-38(32)41(36)42/h1-29,43-44,46H,(H,47,48). The Kier molecular flexibility index (Phi) is 7.03. The summed E-state index contributed by atoms with van der Waals surface area (Å²) in [5, 5.41) is 15.0. The van der Waals surface area contributed by atoms with Crippen LogP contribution in [-0.2, 0) is 0 Å². The molecule has 1 aliphatic heterocycles. The third-order valence-electron chi connectivity index (χ3n) is 9.54. The Labute approximate surface area is 280 Å². The Balaban J connectivity index is 1.25. The van der Waals surface area contributed by atoms with E-state index < -0.39 is 0 Å². The minimum atomic E-state index is -0.291. The lowest BCUT2D eigenvalue weighted by atomic mass is 9.91. The molecule has 0 spiro atoms. The van der Waals surface area contributed by atoms with E-state index in [1.54, 1.807) is 0 Å². The Morgan fingerprint density at radius 2 is 1.06 bits per heavy atom. The van der Waals surface area contributed by atoms with Crippen LogP contribution in [0.3, 0.4) is 0 Å². The van der Waals surface area contributed by atoms with Crippen molar-refractivity contribution in [1.82, 2.24) is 10.6 Å². The van der Waals surface area contributed by atoms with E-state index in [-0.39, 0.29) is 12.3 Å². The lowest BCUT2D eigenvalue weighted by Crippen LogP contribution is -2.45. The lowest BCUT2D eigenvalue weighted by molar-refractivity contribution is 0.410. The third kappa shape index (κ3) is 5.02. The van der Waals surface area contributed by atoms with Gasteiger partial charge in [0.1, 0.15) is 18.2 Å². The van der Waals surface area contributed by atoms with Gasteiger partial charge in [-0.3, -0.25) is 5.32 Å². The summed E-state index contributed by atoms with van der Waals surface area (Å²) < 4.78 is 0. The zero-order chi connectivity index (χ0) is 31.9. The quantitative estimate of drug-likeness (QED) is 0.149. The second-order valence-corrected chi connectivity index (χ2v) is 12.4. The largest absolute Gasteiger partial charge is 0.350 e. The average Bonchev–Trinajstić information content (AvgIpc) is 3.17. The number of fused-ring (bicyclic) bond motifs is 4. The number of nitrogens with one attached hydrogen (secondary N) is 2. The first kappa shape index (κ1) is 28.2. The highest BCUT2D eigenvalue weighted by Crippen LogP contribution is 2.38. The molecule has 8 aromatic rings. The average molecular weight is 616 g/mol. The molecule has 0 fully saturated rings. The first-order chi connectivity index (χ1) is 23.8. The van der Waals surface area contributed by atoms with Crippen LogP contribution in [0, 0.1) is 0 Å². The molecule has 8 aromatic carbocycles. The molecule has 48 heavy (non-hydrogen) atoms. The maximum Gasteiger partial charge on any atom is 0.133 e. The highest BCUT2D eigenvalue weighted by Gasteiger charge is 2.29. The number of hydrogen-bond donors (Lipinski definition) is 2. The van der Waals surface area contributed by atoms with Gasteiger partial charge in [0.2, 0.25) is 0 Å². The number of amidine groups is 1. The summed E-state index contributed by atoms with van der Waals surface area (Å²) in [5.41, 5.74) is 8.19. The molecule has 3 nitrogen and oxygen atoms in total. The van der Waals surface area contributed by atoms with Crippen LogP contribution in [0.1, 0.15) is 29.0 Å². The van der Waals surface area contributed by atoms with Gasteiger partial charge in [0.25, 0.3) is 0 Å². The van der Waals surface area contributed by atoms with Crippen LogP contribution in [0.5, 0.6) is 0 Å². The summed E-state index contributed by atoms with van der Waals surface area (Å²) in [4.78, 5) is 5.55. The van der Waals surface area contributed by atoms with Gasteiger partial charge in [0.05, 0.1) is 0 Å². The van der Waals surface area contributed by atoms with Crippen molar-refractivity contribution in [2.75, 3.05) is 0 Å². The van der Waals surface area contributed by atoms with Gasteiger partial charge in [0, 0.05) is 10.9 Å². The van der Waals surface area contributed by atoms with Crippen LogP contribution in [0.25, 0.3) is 54.6 Å². The molecule has 0 aliphatic carbocycles. The predicted octanol–water partition coefficient (Wildman–Crippen LogP) is 10.8. The predicted molar refractivity (Wildman–Crippen MR) is 201 cm³/mol. The van der Waals surface area contributed by atoms with Gasteiger partial charge in [-0.15, -0.1) is 0 Å². The summed E-state index contributed by atoms with van der Waals surface area (Å²) in [6.45, 7) is 0. The molecule has 228 valence electrons. The summed E-state index contributed by atoms with van der Waals surface area (Å²) in [5.74, 6) is 0.889. The van der Waals surface area contributed by atoms with Crippen LogP contribution in [0.15, 0.2) is 181 Å². The normalized spacial score (nSPS) is 16.1. The monoisotopic (exact) mass is 615 g/mol. The van der Waals surface area contributed by atoms with Crippen LogP contribution in [0.2, 0.25) is 0 Å². The fourth-order valence-electron chi connectivity index (χ4n) is 7.22. The molecule has 0 radical (unpaired) electrons. The van der Waals surface area contributed by atoms with E-state index in [1.807, 2.05) is 0 Å². The second kappa shape index (κ2) is 12.0. The van der Waals surface area contributed by atoms with Gasteiger partial charge in [-0.2, -0.15) is 0 Å². The summed E-state index contributed by atoms with van der Waals surface area (Å²) in [6.07, 6.45) is -0.443. The maximum atomic E-state index is 5.55. The first-order valence-corrected chi connectivity index (χ1v) is 16.5. The summed E-state index contributed by atoms with van der Waals surface area (Å²) in [7, 11) is 0. The van der Waals surface area contributed by atoms with E-state index >= 15 is 0 Å². The van der Waals surface area contributed by atoms with E-state index in [0.29, 0.717) is 0 Å². The smallest absolute Gasteiger partial charge is 0.133 e. The van der Waals surface area contributed by atoms with Crippen molar-refractivity contribution in [3.8, 4) is 22.3 Å². The molecular formula is C45H33N3. The van der Waals surface area contributed by atoms with Crippen LogP contribution in [-0.4, -0.2) is 5.84 Å². The molecule has 0 amide bonds. The number of rotatable bonds is 5. The SMILES string of the molecule is c1ccc(-c2ccc(-c3ccccc3C3N=C(c4c5ccccc5cc5ccc6ccccc6c45)NC(c4ccccc4)N3)cc2)cc1. The van der Waals surface area contributed by atoms with Crippen molar-refractivity contribution in [3.05, 3.63) is 193 Å². The first-order valence-electron chi connectivity index (χ1n) is 16.5. The molecule has 2 unspecified atom stereocenters. The zero-order valence-electron chi connectivity index (χ0n) is 26.3. The maximum absolute atomic E-state index is 5.55. The Hall–Kier alpha value is -6.03. The molecule has 0 aromatic heterocycles. The van der Waals surface area contributed by atoms with E-state index in [9.17, 15) is 0 Å². The van der Waals surface area contributed by atoms with Crippen LogP contribution >= 0.6 is 0 Å². The highest BCUT2D eigenvalue weighted by molar-refractivity contribution is 6.26. The molecule has 1 aliphatic rings. The number of hydrogen-bond acceptors (Lipinski definition) is 3. The summed E-state index contributed by atoms with van der Waals surface area (Å²) in [6, 6.07) is 62.8. The molecular weight excluding hydrogens is 583 g/mol. The van der Waals surface area contributed by atoms with E-state index in [2.05, 4.69) is 187 Å².